The first-order valence-corrected chi connectivity index (χ1v) is 5.01. The molecule has 1 aromatic carbocycles. The third-order valence-electron chi connectivity index (χ3n) is 2.12. The van der Waals surface area contributed by atoms with Crippen molar-refractivity contribution in [2.45, 2.75) is 6.92 Å². The summed E-state index contributed by atoms with van der Waals surface area (Å²) in [6.07, 6.45) is 1.21. The van der Waals surface area contributed by atoms with E-state index < -0.39 is 0 Å². The van der Waals surface area contributed by atoms with E-state index in [1.165, 1.54) is 6.20 Å². The number of rotatable bonds is 3. The van der Waals surface area contributed by atoms with Gasteiger partial charge in [-0.3, -0.25) is 0 Å². The molecule has 1 rings (SSSR count). The third-order valence-corrected chi connectivity index (χ3v) is 2.12. The zero-order valence-corrected chi connectivity index (χ0v) is 9.64. The molecule has 0 radical (unpaired) electrons. The summed E-state index contributed by atoms with van der Waals surface area (Å²) in [5, 5.41) is 8.98. The molecule has 1 aromatic rings. The molecule has 0 heterocycles. The monoisotopic (exact) mass is 226 g/mol. The Labute approximate surface area is 101 Å². The molecule has 4 heteroatoms. The van der Waals surface area contributed by atoms with Gasteiger partial charge >= 0.3 is 0 Å². The molecule has 0 aliphatic rings. The predicted octanol–water partition coefficient (Wildman–Crippen LogP) is 1.58. The lowest BCUT2D eigenvalue weighted by molar-refractivity contribution is 1.25. The fraction of sp³-hybridized carbons (Fsp3) is 0.0769. The van der Waals surface area contributed by atoms with Crippen molar-refractivity contribution in [1.82, 2.24) is 0 Å². The highest BCUT2D eigenvalue weighted by Crippen LogP contribution is 2.11. The van der Waals surface area contributed by atoms with Gasteiger partial charge in [0.2, 0.25) is 0 Å². The number of aryl methyl sites for hydroxylation is 1. The van der Waals surface area contributed by atoms with Crippen LogP contribution in [-0.4, -0.2) is 5.71 Å². The average molecular weight is 226 g/mol. The van der Waals surface area contributed by atoms with Crippen LogP contribution in [0.5, 0.6) is 0 Å². The van der Waals surface area contributed by atoms with Crippen molar-refractivity contribution in [2.75, 3.05) is 0 Å². The van der Waals surface area contributed by atoms with Crippen LogP contribution >= 0.6 is 0 Å². The molecular formula is C13H14N4. The first-order valence-electron chi connectivity index (χ1n) is 5.01. The molecule has 0 saturated carbocycles. The van der Waals surface area contributed by atoms with E-state index in [-0.39, 0.29) is 11.4 Å². The molecular weight excluding hydrogens is 212 g/mol. The number of allylic oxidation sites excluding steroid dienone is 1. The molecule has 0 unspecified atom stereocenters. The van der Waals surface area contributed by atoms with Gasteiger partial charge in [0.1, 0.15) is 11.9 Å². The van der Waals surface area contributed by atoms with Crippen LogP contribution in [0.15, 0.2) is 53.4 Å². The number of hydrogen-bond donors (Lipinski definition) is 2. The minimum absolute atomic E-state index is 0.134. The second-order valence-electron chi connectivity index (χ2n) is 3.51. The summed E-state index contributed by atoms with van der Waals surface area (Å²) >= 11 is 0. The molecule has 86 valence electrons. The van der Waals surface area contributed by atoms with E-state index in [1.807, 2.05) is 37.3 Å². The molecule has 0 bridgehead atoms. The average Bonchev–Trinajstić information content (AvgIpc) is 2.30. The van der Waals surface area contributed by atoms with Gasteiger partial charge in [-0.1, -0.05) is 36.4 Å². The van der Waals surface area contributed by atoms with Gasteiger partial charge in [0.15, 0.2) is 0 Å². The van der Waals surface area contributed by atoms with Crippen LogP contribution in [0.25, 0.3) is 0 Å². The van der Waals surface area contributed by atoms with Crippen molar-refractivity contribution in [3.05, 3.63) is 59.6 Å². The van der Waals surface area contributed by atoms with Crippen LogP contribution in [0, 0.1) is 18.3 Å². The fourth-order valence-corrected chi connectivity index (χ4v) is 1.30. The quantitative estimate of drug-likeness (QED) is 0.605. The van der Waals surface area contributed by atoms with Gasteiger partial charge in [-0.25, -0.2) is 4.99 Å². The summed E-state index contributed by atoms with van der Waals surface area (Å²) in [5.74, 6) is 0.134. The van der Waals surface area contributed by atoms with E-state index >= 15 is 0 Å². The summed E-state index contributed by atoms with van der Waals surface area (Å²) in [7, 11) is 0. The predicted molar refractivity (Wildman–Crippen MR) is 68.9 cm³/mol. The van der Waals surface area contributed by atoms with E-state index in [0.717, 1.165) is 11.1 Å². The van der Waals surface area contributed by atoms with Crippen LogP contribution in [-0.2, 0) is 0 Å². The van der Waals surface area contributed by atoms with Crippen LogP contribution < -0.4 is 11.5 Å². The highest BCUT2D eigenvalue weighted by molar-refractivity contribution is 6.15. The minimum Gasteiger partial charge on any atom is -0.403 e. The van der Waals surface area contributed by atoms with E-state index in [2.05, 4.69) is 11.6 Å². The van der Waals surface area contributed by atoms with Crippen LogP contribution in [0.4, 0.5) is 0 Å². The van der Waals surface area contributed by atoms with E-state index in [0.29, 0.717) is 5.71 Å². The lowest BCUT2D eigenvalue weighted by Crippen LogP contribution is -2.08. The van der Waals surface area contributed by atoms with Crippen molar-refractivity contribution in [2.24, 2.45) is 16.5 Å². The summed E-state index contributed by atoms with van der Waals surface area (Å²) in [6, 6.07) is 9.55. The number of aliphatic imine (C=N–C) groups is 1. The normalized spacial score (nSPS) is 12.0. The molecule has 0 spiro atoms. The molecule has 0 fully saturated rings. The molecule has 17 heavy (non-hydrogen) atoms. The highest BCUT2D eigenvalue weighted by atomic mass is 14.9. The Morgan fingerprint density at radius 3 is 2.41 bits per heavy atom. The molecule has 0 amide bonds. The minimum atomic E-state index is 0.134. The van der Waals surface area contributed by atoms with Crippen LogP contribution in [0.1, 0.15) is 11.1 Å². The SMILES string of the molecule is C=C(N)N=C(/C(C#N)=C\N)c1ccc(C)cc1. The van der Waals surface area contributed by atoms with Crippen molar-refractivity contribution < 1.29 is 0 Å². The maximum atomic E-state index is 8.98. The van der Waals surface area contributed by atoms with Gasteiger partial charge in [-0.15, -0.1) is 0 Å². The second-order valence-corrected chi connectivity index (χ2v) is 3.51. The Bertz CT molecular complexity index is 515. The standard InChI is InChI=1S/C13H14N4/c1-9-3-5-11(6-4-9)13(17-10(2)16)12(7-14)8-15/h3-7H,2,14,16H2,1H3/b12-7-,17-13?. The van der Waals surface area contributed by atoms with E-state index in [4.69, 9.17) is 16.7 Å². The van der Waals surface area contributed by atoms with Gasteiger partial charge in [0.05, 0.1) is 11.3 Å². The zero-order chi connectivity index (χ0) is 12.8. The maximum absolute atomic E-state index is 8.98. The molecule has 0 aromatic heterocycles. The third kappa shape index (κ3) is 3.21. The lowest BCUT2D eigenvalue weighted by Gasteiger charge is -2.05. The largest absolute Gasteiger partial charge is 0.403 e. The highest BCUT2D eigenvalue weighted by Gasteiger charge is 2.09. The van der Waals surface area contributed by atoms with Gasteiger partial charge in [0, 0.05) is 11.8 Å². The van der Waals surface area contributed by atoms with Crippen LogP contribution in [0.2, 0.25) is 0 Å². The summed E-state index contributed by atoms with van der Waals surface area (Å²) < 4.78 is 0. The van der Waals surface area contributed by atoms with Crippen molar-refractivity contribution in [3.8, 4) is 6.07 Å². The van der Waals surface area contributed by atoms with Crippen molar-refractivity contribution in [1.29, 1.82) is 5.26 Å². The van der Waals surface area contributed by atoms with E-state index in [1.54, 1.807) is 0 Å². The van der Waals surface area contributed by atoms with Gasteiger partial charge in [0.25, 0.3) is 0 Å². The summed E-state index contributed by atoms with van der Waals surface area (Å²) in [4.78, 5) is 4.05. The number of nitriles is 1. The molecule has 0 aliphatic heterocycles. The van der Waals surface area contributed by atoms with Crippen molar-refractivity contribution >= 4 is 5.71 Å². The lowest BCUT2D eigenvalue weighted by atomic mass is 10.0. The summed E-state index contributed by atoms with van der Waals surface area (Å²) in [6.45, 7) is 5.48. The molecule has 4 nitrogen and oxygen atoms in total. The Kier molecular flexibility index (Phi) is 4.07. The van der Waals surface area contributed by atoms with Gasteiger partial charge in [-0.05, 0) is 6.92 Å². The maximum Gasteiger partial charge on any atom is 0.116 e. The molecule has 0 saturated heterocycles. The van der Waals surface area contributed by atoms with Gasteiger partial charge in [-0.2, -0.15) is 5.26 Å². The second kappa shape index (κ2) is 5.52. The number of hydrogen-bond acceptors (Lipinski definition) is 4. The zero-order valence-electron chi connectivity index (χ0n) is 9.64. The van der Waals surface area contributed by atoms with Gasteiger partial charge < -0.3 is 11.5 Å². The first-order chi connectivity index (χ1) is 8.08. The number of nitrogens with two attached hydrogens (primary N) is 2. The Morgan fingerprint density at radius 1 is 1.41 bits per heavy atom. The first kappa shape index (κ1) is 12.5. The Balaban J connectivity index is 3.31. The molecule has 4 N–H and O–H groups in total. The number of benzene rings is 1. The molecule has 0 aliphatic carbocycles. The molecule has 0 atom stereocenters. The number of nitrogens with zero attached hydrogens (tertiary/aromatic N) is 2. The Morgan fingerprint density at radius 2 is 2.00 bits per heavy atom. The Hall–Kier alpha value is -2.54. The topological polar surface area (TPSA) is 88.2 Å². The summed E-state index contributed by atoms with van der Waals surface area (Å²) in [5.41, 5.74) is 13.4. The van der Waals surface area contributed by atoms with Crippen LogP contribution in [0.3, 0.4) is 0 Å². The smallest absolute Gasteiger partial charge is 0.116 e. The van der Waals surface area contributed by atoms with Crippen molar-refractivity contribution in [3.63, 3.8) is 0 Å². The fourth-order valence-electron chi connectivity index (χ4n) is 1.30. The van der Waals surface area contributed by atoms with E-state index in [9.17, 15) is 0 Å².